The van der Waals surface area contributed by atoms with Crippen LogP contribution in [0, 0.1) is 0 Å². The number of morpholine rings is 1. The molecule has 0 saturated carbocycles. The summed E-state index contributed by atoms with van der Waals surface area (Å²) in [7, 11) is 0. The molecule has 2 aromatic rings. The molecule has 1 N–H and O–H groups in total. The number of hydrogen-bond acceptors (Lipinski definition) is 4. The zero-order valence-electron chi connectivity index (χ0n) is 13.8. The highest BCUT2D eigenvalue weighted by molar-refractivity contribution is 5.76. The number of H-pyrrole nitrogens is 1. The van der Waals surface area contributed by atoms with E-state index in [4.69, 9.17) is 14.5 Å². The van der Waals surface area contributed by atoms with E-state index in [0.29, 0.717) is 6.61 Å². The number of rotatable bonds is 4. The Bertz CT molecular complexity index is 630. The Balaban J connectivity index is 1.82. The van der Waals surface area contributed by atoms with E-state index in [1.807, 2.05) is 25.1 Å². The summed E-state index contributed by atoms with van der Waals surface area (Å²) in [5.74, 6) is 1.89. The number of nitrogens with zero attached hydrogens (tertiary/aromatic N) is 2. The monoisotopic (exact) mass is 303 g/mol. The number of ether oxygens (including phenoxy) is 2. The van der Waals surface area contributed by atoms with Crippen LogP contribution in [0.5, 0.6) is 5.75 Å². The summed E-state index contributed by atoms with van der Waals surface area (Å²) >= 11 is 0. The molecule has 1 saturated heterocycles. The van der Waals surface area contributed by atoms with Crippen molar-refractivity contribution in [3.8, 4) is 5.75 Å². The van der Waals surface area contributed by atoms with E-state index in [2.05, 4.69) is 30.7 Å². The van der Waals surface area contributed by atoms with Crippen LogP contribution in [-0.4, -0.2) is 46.8 Å². The van der Waals surface area contributed by atoms with Crippen molar-refractivity contribution in [3.63, 3.8) is 0 Å². The fourth-order valence-electron chi connectivity index (χ4n) is 3.17. The number of aromatic nitrogens is 2. The number of fused-ring (bicyclic) bond motifs is 1. The van der Waals surface area contributed by atoms with E-state index >= 15 is 0 Å². The largest absolute Gasteiger partial charge is 0.494 e. The van der Waals surface area contributed by atoms with Crippen LogP contribution >= 0.6 is 0 Å². The van der Waals surface area contributed by atoms with Crippen LogP contribution in [0.4, 0.5) is 0 Å². The van der Waals surface area contributed by atoms with Crippen LogP contribution in [0.25, 0.3) is 11.0 Å². The third-order valence-corrected chi connectivity index (χ3v) is 4.17. The van der Waals surface area contributed by atoms with Crippen molar-refractivity contribution in [3.05, 3.63) is 24.0 Å². The van der Waals surface area contributed by atoms with Crippen molar-refractivity contribution in [2.75, 3.05) is 19.7 Å². The molecule has 0 radical (unpaired) electrons. The highest BCUT2D eigenvalue weighted by Gasteiger charge is 2.27. The first-order chi connectivity index (χ1) is 10.6. The molecule has 1 fully saturated rings. The minimum atomic E-state index is 0.247. The Hall–Kier alpha value is -1.59. The van der Waals surface area contributed by atoms with Gasteiger partial charge in [-0.3, -0.25) is 4.90 Å². The van der Waals surface area contributed by atoms with Gasteiger partial charge >= 0.3 is 0 Å². The minimum absolute atomic E-state index is 0.247. The van der Waals surface area contributed by atoms with Crippen LogP contribution in [0.1, 0.15) is 39.6 Å². The molecule has 3 unspecified atom stereocenters. The van der Waals surface area contributed by atoms with E-state index in [-0.39, 0.29) is 18.2 Å². The lowest BCUT2D eigenvalue weighted by Crippen LogP contribution is -2.46. The van der Waals surface area contributed by atoms with Gasteiger partial charge in [-0.25, -0.2) is 4.98 Å². The third-order valence-electron chi connectivity index (χ3n) is 4.17. The molecular weight excluding hydrogens is 278 g/mol. The van der Waals surface area contributed by atoms with Gasteiger partial charge in [0.25, 0.3) is 0 Å². The Morgan fingerprint density at radius 3 is 2.77 bits per heavy atom. The fraction of sp³-hybridized carbons (Fsp3) is 0.588. The normalized spacial score (nSPS) is 24.5. The van der Waals surface area contributed by atoms with Crippen molar-refractivity contribution in [1.82, 2.24) is 14.9 Å². The van der Waals surface area contributed by atoms with Crippen LogP contribution < -0.4 is 4.74 Å². The molecule has 120 valence electrons. The lowest BCUT2D eigenvalue weighted by atomic mass is 10.1. The van der Waals surface area contributed by atoms with Gasteiger partial charge < -0.3 is 14.5 Å². The van der Waals surface area contributed by atoms with Crippen molar-refractivity contribution in [1.29, 1.82) is 0 Å². The van der Waals surface area contributed by atoms with Gasteiger partial charge in [0, 0.05) is 19.2 Å². The second kappa shape index (κ2) is 6.26. The van der Waals surface area contributed by atoms with Crippen LogP contribution in [-0.2, 0) is 4.74 Å². The van der Waals surface area contributed by atoms with Gasteiger partial charge in [0.2, 0.25) is 0 Å². The summed E-state index contributed by atoms with van der Waals surface area (Å²) in [5.41, 5.74) is 2.02. The first-order valence-electron chi connectivity index (χ1n) is 8.08. The molecule has 0 bridgehead atoms. The van der Waals surface area contributed by atoms with Gasteiger partial charge in [-0.15, -0.1) is 0 Å². The molecule has 1 aliphatic rings. The zero-order valence-corrected chi connectivity index (χ0v) is 13.8. The topological polar surface area (TPSA) is 50.4 Å². The van der Waals surface area contributed by atoms with Gasteiger partial charge in [0.1, 0.15) is 11.6 Å². The standard InChI is InChI=1S/C17H25N3O2/c1-5-21-14-6-7-15-16(8-14)19-17(18-15)13(4)20-9-11(2)22-12(3)10-20/h6-8,11-13H,5,9-10H2,1-4H3,(H,18,19). The molecule has 5 nitrogen and oxygen atoms in total. The summed E-state index contributed by atoms with van der Waals surface area (Å²) < 4.78 is 11.4. The van der Waals surface area contributed by atoms with Gasteiger partial charge in [-0.1, -0.05) is 0 Å². The lowest BCUT2D eigenvalue weighted by molar-refractivity contribution is -0.0797. The quantitative estimate of drug-likeness (QED) is 0.943. The Morgan fingerprint density at radius 2 is 2.09 bits per heavy atom. The average molecular weight is 303 g/mol. The molecule has 0 aliphatic carbocycles. The first kappa shape index (κ1) is 15.3. The van der Waals surface area contributed by atoms with E-state index in [9.17, 15) is 0 Å². The summed E-state index contributed by atoms with van der Waals surface area (Å²) in [4.78, 5) is 10.6. The second-order valence-electron chi connectivity index (χ2n) is 6.12. The highest BCUT2D eigenvalue weighted by atomic mass is 16.5. The summed E-state index contributed by atoms with van der Waals surface area (Å²) in [6, 6.07) is 6.25. The van der Waals surface area contributed by atoms with Gasteiger partial charge in [0.15, 0.2) is 0 Å². The number of aromatic amines is 1. The smallest absolute Gasteiger partial charge is 0.124 e. The molecule has 22 heavy (non-hydrogen) atoms. The maximum atomic E-state index is 5.82. The van der Waals surface area contributed by atoms with Crippen LogP contribution in [0.2, 0.25) is 0 Å². The molecule has 1 aromatic carbocycles. The van der Waals surface area contributed by atoms with Crippen LogP contribution in [0.3, 0.4) is 0 Å². The average Bonchev–Trinajstić information content (AvgIpc) is 2.89. The molecule has 0 spiro atoms. The predicted octanol–water partition coefficient (Wildman–Crippen LogP) is 3.13. The van der Waals surface area contributed by atoms with Crippen molar-refractivity contribution >= 4 is 11.0 Å². The number of hydrogen-bond donors (Lipinski definition) is 1. The molecule has 0 amide bonds. The van der Waals surface area contributed by atoms with Crippen molar-refractivity contribution < 1.29 is 9.47 Å². The summed E-state index contributed by atoms with van der Waals surface area (Å²) in [5, 5.41) is 0. The number of benzene rings is 1. The SMILES string of the molecule is CCOc1ccc2nc(C(C)N3CC(C)OC(C)C3)[nH]c2c1. The van der Waals surface area contributed by atoms with Crippen molar-refractivity contribution in [2.24, 2.45) is 0 Å². The molecular formula is C17H25N3O2. The van der Waals surface area contributed by atoms with E-state index in [0.717, 1.165) is 35.7 Å². The number of imidazole rings is 1. The molecule has 1 aliphatic heterocycles. The molecule has 2 heterocycles. The van der Waals surface area contributed by atoms with Gasteiger partial charge in [-0.05, 0) is 39.8 Å². The number of nitrogens with one attached hydrogen (secondary N) is 1. The Kier molecular flexibility index (Phi) is 4.36. The summed E-state index contributed by atoms with van der Waals surface area (Å²) in [6.07, 6.45) is 0.528. The zero-order chi connectivity index (χ0) is 15.7. The first-order valence-corrected chi connectivity index (χ1v) is 8.08. The maximum absolute atomic E-state index is 5.82. The van der Waals surface area contributed by atoms with E-state index < -0.39 is 0 Å². The highest BCUT2D eigenvalue weighted by Crippen LogP contribution is 2.26. The summed E-state index contributed by atoms with van der Waals surface area (Å²) in [6.45, 7) is 11.0. The van der Waals surface area contributed by atoms with Crippen molar-refractivity contribution in [2.45, 2.75) is 45.9 Å². The van der Waals surface area contributed by atoms with E-state index in [1.165, 1.54) is 0 Å². The molecule has 1 aromatic heterocycles. The van der Waals surface area contributed by atoms with E-state index in [1.54, 1.807) is 0 Å². The lowest BCUT2D eigenvalue weighted by Gasteiger charge is -2.38. The molecule has 3 rings (SSSR count). The van der Waals surface area contributed by atoms with Gasteiger partial charge in [0.05, 0.1) is 35.9 Å². The molecule has 5 heteroatoms. The van der Waals surface area contributed by atoms with Crippen LogP contribution in [0.15, 0.2) is 18.2 Å². The Morgan fingerprint density at radius 1 is 1.36 bits per heavy atom. The Labute approximate surface area is 131 Å². The molecule has 3 atom stereocenters. The minimum Gasteiger partial charge on any atom is -0.494 e. The van der Waals surface area contributed by atoms with Gasteiger partial charge in [-0.2, -0.15) is 0 Å². The predicted molar refractivity (Wildman–Crippen MR) is 87.3 cm³/mol. The maximum Gasteiger partial charge on any atom is 0.124 e. The fourth-order valence-corrected chi connectivity index (χ4v) is 3.17. The third kappa shape index (κ3) is 3.10. The second-order valence-corrected chi connectivity index (χ2v) is 6.12.